The van der Waals surface area contributed by atoms with Crippen LogP contribution in [-0.4, -0.2) is 32.5 Å². The summed E-state index contributed by atoms with van der Waals surface area (Å²) in [7, 11) is 2.78. The van der Waals surface area contributed by atoms with E-state index in [-0.39, 0.29) is 11.2 Å². The minimum absolute atomic E-state index is 0.386. The average molecular weight is 343 g/mol. The Bertz CT molecular complexity index is 500. The first-order valence-corrected chi connectivity index (χ1v) is 7.28. The number of hydrogen-bond acceptors (Lipinski definition) is 4. The third kappa shape index (κ3) is 2.56. The van der Waals surface area contributed by atoms with Gasteiger partial charge in [-0.25, -0.2) is 0 Å². The summed E-state index contributed by atoms with van der Waals surface area (Å²) in [6.07, 6.45) is 0. The van der Waals surface area contributed by atoms with Crippen LogP contribution in [0.3, 0.4) is 0 Å². The molecule has 0 atom stereocenters. The summed E-state index contributed by atoms with van der Waals surface area (Å²) in [4.78, 5) is 0. The molecule has 1 aromatic carbocycles. The van der Waals surface area contributed by atoms with E-state index in [0.717, 1.165) is 15.7 Å². The van der Waals surface area contributed by atoms with Gasteiger partial charge in [-0.3, -0.25) is 0 Å². The second kappa shape index (κ2) is 5.24. The molecule has 1 fully saturated rings. The standard InChI is InChI=1S/C14H20BBrO4/c1-13(2)14(3,4)20-15(19-13)9-7-12(18-6)10(16)8-11(9)17-5/h7-8H,1-6H3. The van der Waals surface area contributed by atoms with Crippen LogP contribution < -0.4 is 14.9 Å². The topological polar surface area (TPSA) is 36.9 Å². The zero-order valence-electron chi connectivity index (χ0n) is 12.7. The Labute approximate surface area is 129 Å². The van der Waals surface area contributed by atoms with Gasteiger partial charge in [0.2, 0.25) is 0 Å². The third-order valence-corrected chi connectivity index (χ3v) is 4.63. The van der Waals surface area contributed by atoms with Crippen LogP contribution in [0.5, 0.6) is 11.5 Å². The van der Waals surface area contributed by atoms with Crippen molar-refractivity contribution >= 4 is 28.5 Å². The molecule has 0 radical (unpaired) electrons. The van der Waals surface area contributed by atoms with E-state index in [1.807, 2.05) is 39.8 Å². The summed E-state index contributed by atoms with van der Waals surface area (Å²) >= 11 is 3.45. The fourth-order valence-electron chi connectivity index (χ4n) is 2.04. The highest BCUT2D eigenvalue weighted by Crippen LogP contribution is 2.38. The summed E-state index contributed by atoms with van der Waals surface area (Å²) < 4.78 is 23.7. The van der Waals surface area contributed by atoms with Crippen LogP contribution in [0.25, 0.3) is 0 Å². The fourth-order valence-corrected chi connectivity index (χ4v) is 2.52. The van der Waals surface area contributed by atoms with Crippen LogP contribution in [0, 0.1) is 0 Å². The van der Waals surface area contributed by atoms with Gasteiger partial charge in [-0.1, -0.05) is 0 Å². The number of benzene rings is 1. The molecule has 0 amide bonds. The number of ether oxygens (including phenoxy) is 2. The molecule has 0 aromatic heterocycles. The average Bonchev–Trinajstić information content (AvgIpc) is 2.57. The molecule has 20 heavy (non-hydrogen) atoms. The van der Waals surface area contributed by atoms with E-state index < -0.39 is 7.12 Å². The van der Waals surface area contributed by atoms with Gasteiger partial charge in [0.05, 0.1) is 29.9 Å². The Morgan fingerprint density at radius 3 is 1.90 bits per heavy atom. The Morgan fingerprint density at radius 1 is 0.950 bits per heavy atom. The van der Waals surface area contributed by atoms with Gasteiger partial charge in [0.25, 0.3) is 0 Å². The van der Waals surface area contributed by atoms with Crippen LogP contribution in [-0.2, 0) is 9.31 Å². The third-order valence-electron chi connectivity index (χ3n) is 4.01. The van der Waals surface area contributed by atoms with Crippen molar-refractivity contribution < 1.29 is 18.8 Å². The first kappa shape index (κ1) is 15.7. The monoisotopic (exact) mass is 342 g/mol. The smallest absolute Gasteiger partial charge is 0.497 e. The first-order valence-electron chi connectivity index (χ1n) is 6.49. The Hall–Kier alpha value is -0.715. The minimum Gasteiger partial charge on any atom is -0.497 e. The lowest BCUT2D eigenvalue weighted by Crippen LogP contribution is -2.41. The number of rotatable bonds is 3. The second-order valence-electron chi connectivity index (χ2n) is 5.82. The van der Waals surface area contributed by atoms with Crippen molar-refractivity contribution in [3.8, 4) is 11.5 Å². The molecule has 1 aliphatic heterocycles. The maximum absolute atomic E-state index is 6.06. The molecule has 0 spiro atoms. The van der Waals surface area contributed by atoms with Gasteiger partial charge >= 0.3 is 7.12 Å². The Morgan fingerprint density at radius 2 is 1.45 bits per heavy atom. The van der Waals surface area contributed by atoms with E-state index in [0.29, 0.717) is 5.75 Å². The van der Waals surface area contributed by atoms with E-state index in [1.54, 1.807) is 14.2 Å². The molecule has 4 nitrogen and oxygen atoms in total. The molecule has 110 valence electrons. The molecule has 0 saturated carbocycles. The van der Waals surface area contributed by atoms with Crippen molar-refractivity contribution in [1.82, 2.24) is 0 Å². The lowest BCUT2D eigenvalue weighted by Gasteiger charge is -2.32. The van der Waals surface area contributed by atoms with Gasteiger partial charge in [-0.15, -0.1) is 0 Å². The van der Waals surface area contributed by atoms with Gasteiger partial charge in [-0.05, 0) is 55.8 Å². The minimum atomic E-state index is -0.475. The Balaban J connectivity index is 2.43. The number of hydrogen-bond donors (Lipinski definition) is 0. The SMILES string of the molecule is COc1cc(B2OC(C)(C)C(C)(C)O2)c(OC)cc1Br. The maximum atomic E-state index is 6.06. The second-order valence-corrected chi connectivity index (χ2v) is 6.67. The number of methoxy groups -OCH3 is 2. The maximum Gasteiger partial charge on any atom is 0.498 e. The summed E-state index contributed by atoms with van der Waals surface area (Å²) in [6, 6.07) is 3.74. The normalized spacial score (nSPS) is 20.1. The van der Waals surface area contributed by atoms with E-state index in [9.17, 15) is 0 Å². The highest BCUT2D eigenvalue weighted by molar-refractivity contribution is 9.10. The molecule has 0 N–H and O–H groups in total. The lowest BCUT2D eigenvalue weighted by molar-refractivity contribution is 0.00578. The van der Waals surface area contributed by atoms with Crippen LogP contribution in [0.15, 0.2) is 16.6 Å². The van der Waals surface area contributed by atoms with Crippen molar-refractivity contribution in [3.63, 3.8) is 0 Å². The van der Waals surface area contributed by atoms with Crippen molar-refractivity contribution in [2.75, 3.05) is 14.2 Å². The van der Waals surface area contributed by atoms with Gasteiger partial charge in [-0.2, -0.15) is 0 Å². The molecule has 6 heteroatoms. The van der Waals surface area contributed by atoms with Crippen LogP contribution in [0.4, 0.5) is 0 Å². The van der Waals surface area contributed by atoms with Gasteiger partial charge in [0, 0.05) is 5.46 Å². The fraction of sp³-hybridized carbons (Fsp3) is 0.571. The van der Waals surface area contributed by atoms with E-state index >= 15 is 0 Å². The first-order chi connectivity index (χ1) is 9.21. The highest BCUT2D eigenvalue weighted by Gasteiger charge is 2.52. The Kier molecular flexibility index (Phi) is 4.11. The summed E-state index contributed by atoms with van der Waals surface area (Å²) in [5.41, 5.74) is 0.0533. The van der Waals surface area contributed by atoms with Gasteiger partial charge in [0.15, 0.2) is 0 Å². The van der Waals surface area contributed by atoms with Crippen LogP contribution >= 0.6 is 15.9 Å². The molecule has 0 unspecified atom stereocenters. The molecule has 1 aromatic rings. The predicted octanol–water partition coefficient (Wildman–Crippen LogP) is 2.77. The zero-order valence-corrected chi connectivity index (χ0v) is 14.3. The molecule has 1 heterocycles. The van der Waals surface area contributed by atoms with Gasteiger partial charge in [0.1, 0.15) is 11.5 Å². The molecule has 1 saturated heterocycles. The summed E-state index contributed by atoms with van der Waals surface area (Å²) in [5, 5.41) is 0. The quantitative estimate of drug-likeness (QED) is 0.791. The van der Waals surface area contributed by atoms with Crippen molar-refractivity contribution in [1.29, 1.82) is 0 Å². The molecule has 0 bridgehead atoms. The molecular formula is C14H20BBrO4. The lowest BCUT2D eigenvalue weighted by atomic mass is 9.78. The van der Waals surface area contributed by atoms with Crippen LogP contribution in [0.1, 0.15) is 27.7 Å². The summed E-state index contributed by atoms with van der Waals surface area (Å²) in [6.45, 7) is 8.09. The number of halogens is 1. The van der Waals surface area contributed by atoms with Crippen LogP contribution in [0.2, 0.25) is 0 Å². The van der Waals surface area contributed by atoms with E-state index in [4.69, 9.17) is 18.8 Å². The zero-order chi connectivity index (χ0) is 15.1. The van der Waals surface area contributed by atoms with Crippen molar-refractivity contribution in [2.45, 2.75) is 38.9 Å². The van der Waals surface area contributed by atoms with Crippen molar-refractivity contribution in [2.24, 2.45) is 0 Å². The summed E-state index contributed by atoms with van der Waals surface area (Å²) in [5.74, 6) is 1.42. The highest BCUT2D eigenvalue weighted by atomic mass is 79.9. The van der Waals surface area contributed by atoms with Gasteiger partial charge < -0.3 is 18.8 Å². The largest absolute Gasteiger partial charge is 0.498 e. The molecule has 1 aliphatic rings. The van der Waals surface area contributed by atoms with E-state index in [2.05, 4.69) is 15.9 Å². The molecular weight excluding hydrogens is 323 g/mol. The van der Waals surface area contributed by atoms with Crippen molar-refractivity contribution in [3.05, 3.63) is 16.6 Å². The molecule has 0 aliphatic carbocycles. The molecule has 2 rings (SSSR count). The predicted molar refractivity (Wildman–Crippen MR) is 83.0 cm³/mol. The van der Waals surface area contributed by atoms with E-state index in [1.165, 1.54) is 0 Å².